The van der Waals surface area contributed by atoms with Crippen molar-refractivity contribution in [3.05, 3.63) is 20.6 Å². The highest BCUT2D eigenvalue weighted by Gasteiger charge is 1.99. The smallest absolute Gasteiger partial charge is 0.0603 e. The van der Waals surface area contributed by atoms with Crippen molar-refractivity contribution in [2.24, 2.45) is 0 Å². The van der Waals surface area contributed by atoms with Gasteiger partial charge in [0.05, 0.1) is 20.0 Å². The van der Waals surface area contributed by atoms with E-state index in [2.05, 4.69) is 48.9 Å². The van der Waals surface area contributed by atoms with E-state index in [9.17, 15) is 0 Å². The molecule has 1 aliphatic heterocycles. The van der Waals surface area contributed by atoms with Gasteiger partial charge in [0.25, 0.3) is 0 Å². The second kappa shape index (κ2) is 7.31. The summed E-state index contributed by atoms with van der Waals surface area (Å²) < 4.78 is 1.83. The minimum absolute atomic E-state index is 0.737. The van der Waals surface area contributed by atoms with Gasteiger partial charge in [0, 0.05) is 0 Å². The van der Waals surface area contributed by atoms with Gasteiger partial charge in [-0.1, -0.05) is 23.7 Å². The van der Waals surface area contributed by atoms with Crippen molar-refractivity contribution in [2.75, 3.05) is 11.5 Å². The van der Waals surface area contributed by atoms with Crippen molar-refractivity contribution in [1.82, 2.24) is 0 Å². The van der Waals surface area contributed by atoms with Crippen molar-refractivity contribution >= 4 is 48.8 Å². The molecule has 14 heavy (non-hydrogen) atoms. The lowest BCUT2D eigenvalue weighted by Gasteiger charge is -2.01. The third-order valence-electron chi connectivity index (χ3n) is 1.20. The zero-order valence-electron chi connectivity index (χ0n) is 7.28. The Morgan fingerprint density at radius 1 is 0.929 bits per heavy atom. The Bertz CT molecular complexity index is 334. The molecule has 0 amide bonds. The van der Waals surface area contributed by atoms with E-state index in [1.54, 1.807) is 35.7 Å². The Morgan fingerprint density at radius 2 is 1.36 bits per heavy atom. The van der Waals surface area contributed by atoms with E-state index in [1.165, 1.54) is 0 Å². The van der Waals surface area contributed by atoms with Crippen molar-refractivity contribution in [3.63, 3.8) is 0 Å². The van der Waals surface area contributed by atoms with Gasteiger partial charge in [-0.05, 0) is 12.2 Å². The van der Waals surface area contributed by atoms with Crippen LogP contribution in [0.4, 0.5) is 0 Å². The van der Waals surface area contributed by atoms with Crippen molar-refractivity contribution in [2.45, 2.75) is 0 Å². The molecule has 1 rings (SSSR count). The van der Waals surface area contributed by atoms with Crippen LogP contribution in [-0.4, -0.2) is 11.5 Å². The molecule has 0 saturated carbocycles. The molecule has 0 unspecified atom stereocenters. The van der Waals surface area contributed by atoms with E-state index in [4.69, 9.17) is 0 Å². The molecule has 1 heterocycles. The Hall–Kier alpha value is -0.0000000000000000555. The first-order chi connectivity index (χ1) is 6.80. The molecule has 0 atom stereocenters. The van der Waals surface area contributed by atoms with E-state index in [1.807, 2.05) is 0 Å². The standard InChI is InChI=1S/C10H8S4/c11-9-10(12)14-8-6-4-2-1-3-5-7-13-9/h1-2,11-12H,7-8H2/b2-1-,10-9-. The van der Waals surface area contributed by atoms with Crippen LogP contribution in [-0.2, 0) is 0 Å². The van der Waals surface area contributed by atoms with Crippen LogP contribution in [0.5, 0.6) is 0 Å². The molecule has 0 nitrogen and oxygen atoms in total. The predicted molar refractivity (Wildman–Crippen MR) is 74.6 cm³/mol. The SMILES string of the molecule is S/C1=C(\S)SCC#C/C=C\C#CCS1. The third-order valence-corrected chi connectivity index (χ3v) is 4.56. The molecule has 0 bridgehead atoms. The highest BCUT2D eigenvalue weighted by atomic mass is 32.2. The Kier molecular flexibility index (Phi) is 6.31. The zero-order valence-corrected chi connectivity index (χ0v) is 10.7. The normalized spacial score (nSPS) is 24.4. The van der Waals surface area contributed by atoms with Crippen molar-refractivity contribution < 1.29 is 0 Å². The molecule has 0 aromatic rings. The van der Waals surface area contributed by atoms with E-state index < -0.39 is 0 Å². The van der Waals surface area contributed by atoms with E-state index in [0.29, 0.717) is 0 Å². The molecular formula is C10H8S4. The molecular weight excluding hydrogens is 248 g/mol. The predicted octanol–water partition coefficient (Wildman–Crippen LogP) is 3.02. The lowest BCUT2D eigenvalue weighted by molar-refractivity contribution is 1.90. The monoisotopic (exact) mass is 256 g/mol. The summed E-state index contributed by atoms with van der Waals surface area (Å²) in [4.78, 5) is 0. The Morgan fingerprint density at radius 3 is 1.79 bits per heavy atom. The number of rotatable bonds is 0. The molecule has 0 radical (unpaired) electrons. The largest absolute Gasteiger partial charge is 0.135 e. The first-order valence-corrected chi connectivity index (χ1v) is 6.67. The lowest BCUT2D eigenvalue weighted by Crippen LogP contribution is -1.77. The zero-order chi connectivity index (χ0) is 10.2. The summed E-state index contributed by atoms with van der Waals surface area (Å²) in [5, 5.41) is 0. The number of allylic oxidation sites excluding steroid dienone is 2. The Balaban J connectivity index is 2.71. The van der Waals surface area contributed by atoms with E-state index in [-0.39, 0.29) is 0 Å². The molecule has 0 N–H and O–H groups in total. The maximum absolute atomic E-state index is 4.33. The maximum Gasteiger partial charge on any atom is 0.0603 e. The average molecular weight is 256 g/mol. The number of hydrogen-bond donors (Lipinski definition) is 2. The summed E-state index contributed by atoms with van der Waals surface area (Å²) in [6, 6.07) is 0. The van der Waals surface area contributed by atoms with Crippen LogP contribution in [0.3, 0.4) is 0 Å². The summed E-state index contributed by atoms with van der Waals surface area (Å²) in [5.74, 6) is 13.2. The topological polar surface area (TPSA) is 0 Å². The van der Waals surface area contributed by atoms with Gasteiger partial charge in [0.15, 0.2) is 0 Å². The first-order valence-electron chi connectivity index (χ1n) is 3.80. The van der Waals surface area contributed by atoms with Crippen LogP contribution < -0.4 is 0 Å². The molecule has 0 aromatic carbocycles. The van der Waals surface area contributed by atoms with Gasteiger partial charge < -0.3 is 0 Å². The maximum atomic E-state index is 4.33. The van der Waals surface area contributed by atoms with Crippen LogP contribution >= 0.6 is 48.8 Å². The summed E-state index contributed by atoms with van der Waals surface area (Å²) in [6.45, 7) is 0. The van der Waals surface area contributed by atoms with Gasteiger partial charge in [0.1, 0.15) is 0 Å². The molecule has 0 aromatic heterocycles. The van der Waals surface area contributed by atoms with Crippen LogP contribution in [0.2, 0.25) is 0 Å². The number of thioether (sulfide) groups is 2. The molecule has 1 aliphatic rings. The Labute approximate surface area is 104 Å². The quantitative estimate of drug-likeness (QED) is 0.505. The highest BCUT2D eigenvalue weighted by Crippen LogP contribution is 2.32. The molecule has 0 spiro atoms. The number of hydrogen-bond acceptors (Lipinski definition) is 4. The van der Waals surface area contributed by atoms with Gasteiger partial charge in [-0.25, -0.2) is 0 Å². The molecule has 72 valence electrons. The summed E-state index contributed by atoms with van der Waals surface area (Å²) in [5.41, 5.74) is 0. The number of thiol groups is 2. The van der Waals surface area contributed by atoms with Crippen LogP contribution in [0.25, 0.3) is 0 Å². The molecule has 0 saturated heterocycles. The average Bonchev–Trinajstić information content (AvgIpc) is 2.18. The van der Waals surface area contributed by atoms with Gasteiger partial charge in [-0.3, -0.25) is 0 Å². The van der Waals surface area contributed by atoms with Crippen molar-refractivity contribution in [1.29, 1.82) is 0 Å². The minimum atomic E-state index is 0.737. The van der Waals surface area contributed by atoms with Crippen LogP contribution in [0.1, 0.15) is 0 Å². The summed E-state index contributed by atoms with van der Waals surface area (Å²) in [7, 11) is 0. The third kappa shape index (κ3) is 5.02. The molecule has 4 heteroatoms. The molecule has 0 fully saturated rings. The summed E-state index contributed by atoms with van der Waals surface area (Å²) >= 11 is 11.8. The summed E-state index contributed by atoms with van der Waals surface area (Å²) in [6.07, 6.45) is 3.53. The van der Waals surface area contributed by atoms with Gasteiger partial charge in [0.2, 0.25) is 0 Å². The van der Waals surface area contributed by atoms with E-state index in [0.717, 1.165) is 20.0 Å². The fourth-order valence-electron chi connectivity index (χ4n) is 0.617. The highest BCUT2D eigenvalue weighted by molar-refractivity contribution is 8.21. The first kappa shape index (κ1) is 12.1. The van der Waals surface area contributed by atoms with Crippen molar-refractivity contribution in [3.8, 4) is 23.7 Å². The second-order valence-electron chi connectivity index (χ2n) is 2.16. The lowest BCUT2D eigenvalue weighted by atomic mass is 10.5. The van der Waals surface area contributed by atoms with Crippen LogP contribution in [0.15, 0.2) is 20.6 Å². The van der Waals surface area contributed by atoms with Crippen LogP contribution in [0, 0.1) is 23.7 Å². The second-order valence-corrected chi connectivity index (χ2v) is 5.63. The fraction of sp³-hybridized carbons (Fsp3) is 0.200. The molecule has 0 aliphatic carbocycles. The minimum Gasteiger partial charge on any atom is -0.135 e. The van der Waals surface area contributed by atoms with Gasteiger partial charge in [-0.15, -0.1) is 48.8 Å². The van der Waals surface area contributed by atoms with E-state index >= 15 is 0 Å². The fourth-order valence-corrected chi connectivity index (χ4v) is 2.58. The van der Waals surface area contributed by atoms with Gasteiger partial charge in [-0.2, -0.15) is 0 Å². The van der Waals surface area contributed by atoms with Gasteiger partial charge >= 0.3 is 0 Å².